The number of rotatable bonds is 6. The fourth-order valence-electron chi connectivity index (χ4n) is 9.51. The van der Waals surface area contributed by atoms with Crippen LogP contribution in [0.25, 0.3) is 50.2 Å². The second-order valence-corrected chi connectivity index (χ2v) is 16.3. The van der Waals surface area contributed by atoms with E-state index >= 15 is 0 Å². The minimum atomic E-state index is 0.197. The Morgan fingerprint density at radius 1 is 0.655 bits per heavy atom. The predicted molar refractivity (Wildman–Crippen MR) is 232 cm³/mol. The third-order valence-corrected chi connectivity index (χ3v) is 13.4. The summed E-state index contributed by atoms with van der Waals surface area (Å²) in [5, 5.41) is 2.76. The molecule has 3 heteroatoms. The molecule has 0 saturated carbocycles. The van der Waals surface area contributed by atoms with Gasteiger partial charge in [0.15, 0.2) is 0 Å². The average molecular weight is 728 g/mol. The minimum Gasteiger partial charge on any atom is -0.460 e. The maximum Gasteiger partial charge on any atom is 0.130 e. The fraction of sp³-hybridized carbons (Fsp3) is 0.154. The summed E-state index contributed by atoms with van der Waals surface area (Å²) in [5.41, 5.74) is 14.5. The molecule has 11 rings (SSSR count). The molecular weight excluding hydrogens is 687 g/mol. The van der Waals surface area contributed by atoms with E-state index in [0.717, 1.165) is 50.0 Å². The van der Waals surface area contributed by atoms with Crippen LogP contribution in [0.15, 0.2) is 157 Å². The van der Waals surface area contributed by atoms with Gasteiger partial charge in [0.05, 0.1) is 10.6 Å². The van der Waals surface area contributed by atoms with E-state index in [0.29, 0.717) is 0 Å². The molecule has 0 N–H and O–H groups in total. The van der Waals surface area contributed by atoms with Gasteiger partial charge in [0, 0.05) is 38.5 Å². The van der Waals surface area contributed by atoms with Gasteiger partial charge in [-0.05, 0) is 101 Å². The lowest BCUT2D eigenvalue weighted by Gasteiger charge is -2.36. The number of hydrogen-bond acceptors (Lipinski definition) is 3. The van der Waals surface area contributed by atoms with Crippen LogP contribution in [-0.4, -0.2) is 6.04 Å². The number of nitrogens with zero attached hydrogens (tertiary/aromatic N) is 1. The van der Waals surface area contributed by atoms with Gasteiger partial charge < -0.3 is 9.64 Å². The zero-order valence-corrected chi connectivity index (χ0v) is 31.6. The molecule has 0 saturated heterocycles. The van der Waals surface area contributed by atoms with Crippen LogP contribution in [0, 0.1) is 0 Å². The Morgan fingerprint density at radius 2 is 1.51 bits per heavy atom. The summed E-state index contributed by atoms with van der Waals surface area (Å²) in [6.07, 6.45) is 25.2. The molecule has 5 aromatic carbocycles. The molecule has 1 aliphatic heterocycles. The highest BCUT2D eigenvalue weighted by Gasteiger charge is 2.33. The van der Waals surface area contributed by atoms with Gasteiger partial charge in [-0.3, -0.25) is 0 Å². The predicted octanol–water partition coefficient (Wildman–Crippen LogP) is 12.0. The van der Waals surface area contributed by atoms with Crippen LogP contribution in [-0.2, 0) is 6.42 Å². The third kappa shape index (κ3) is 5.52. The van der Waals surface area contributed by atoms with E-state index in [9.17, 15) is 0 Å². The number of fused-ring (bicyclic) bond motifs is 7. The molecule has 0 fully saturated rings. The molecule has 4 aliphatic carbocycles. The SMILES string of the molecule is C1=Cc2cccc(C3=CCC(N(C4=c5sc6c(-c7ccccc7)cccc6c5=CCC4)c4ccc(C5=C6Oc7ccccc7C6CC=C5)cc4)C=C3)c2CC1. The summed E-state index contributed by atoms with van der Waals surface area (Å²) in [5.74, 6) is 2.37. The molecule has 5 aliphatic rings. The maximum absolute atomic E-state index is 6.53. The molecule has 2 unspecified atom stereocenters. The van der Waals surface area contributed by atoms with Crippen LogP contribution < -0.4 is 19.4 Å². The van der Waals surface area contributed by atoms with Crippen molar-refractivity contribution in [1.29, 1.82) is 0 Å². The molecule has 6 aromatic rings. The zero-order chi connectivity index (χ0) is 36.3. The Balaban J connectivity index is 1.03. The first-order valence-corrected chi connectivity index (χ1v) is 20.6. The van der Waals surface area contributed by atoms with Gasteiger partial charge in [-0.1, -0.05) is 146 Å². The number of anilines is 1. The second kappa shape index (κ2) is 13.4. The Bertz CT molecular complexity index is 2790. The summed E-state index contributed by atoms with van der Waals surface area (Å²) in [6.45, 7) is 0. The van der Waals surface area contributed by atoms with Crippen molar-refractivity contribution in [2.45, 2.75) is 50.5 Å². The van der Waals surface area contributed by atoms with Crippen molar-refractivity contribution in [3.63, 3.8) is 0 Å². The van der Waals surface area contributed by atoms with Gasteiger partial charge in [-0.15, -0.1) is 11.3 Å². The monoisotopic (exact) mass is 727 g/mol. The molecule has 2 atom stereocenters. The summed E-state index contributed by atoms with van der Waals surface area (Å²) in [4.78, 5) is 2.67. The van der Waals surface area contributed by atoms with Gasteiger partial charge in [0.2, 0.25) is 0 Å². The Kier molecular flexibility index (Phi) is 7.95. The van der Waals surface area contributed by atoms with Gasteiger partial charge >= 0.3 is 0 Å². The van der Waals surface area contributed by atoms with Crippen LogP contribution in [0.3, 0.4) is 0 Å². The Hall–Kier alpha value is -5.90. The van der Waals surface area contributed by atoms with Crippen LogP contribution in [0.5, 0.6) is 5.75 Å². The fourth-order valence-corrected chi connectivity index (χ4v) is 10.9. The van der Waals surface area contributed by atoms with Gasteiger partial charge in [0.25, 0.3) is 0 Å². The Labute approximate surface area is 326 Å². The number of thiophene rings is 1. The highest BCUT2D eigenvalue weighted by molar-refractivity contribution is 7.17. The lowest BCUT2D eigenvalue weighted by atomic mass is 9.86. The number of ether oxygens (including phenoxy) is 1. The lowest BCUT2D eigenvalue weighted by molar-refractivity contribution is 0.429. The van der Waals surface area contributed by atoms with Crippen LogP contribution >= 0.6 is 11.3 Å². The van der Waals surface area contributed by atoms with Crippen molar-refractivity contribution < 1.29 is 4.74 Å². The van der Waals surface area contributed by atoms with Gasteiger partial charge in [0.1, 0.15) is 11.5 Å². The van der Waals surface area contributed by atoms with Crippen LogP contribution in [0.2, 0.25) is 0 Å². The van der Waals surface area contributed by atoms with E-state index in [1.165, 1.54) is 81.3 Å². The third-order valence-electron chi connectivity index (χ3n) is 12.1. The largest absolute Gasteiger partial charge is 0.460 e. The van der Waals surface area contributed by atoms with Crippen molar-refractivity contribution >= 4 is 56.1 Å². The maximum atomic E-state index is 6.53. The number of benzene rings is 5. The molecule has 266 valence electrons. The first kappa shape index (κ1) is 32.5. The zero-order valence-electron chi connectivity index (χ0n) is 30.7. The summed E-state index contributed by atoms with van der Waals surface area (Å²) >= 11 is 1.97. The highest BCUT2D eigenvalue weighted by atomic mass is 32.1. The van der Waals surface area contributed by atoms with Gasteiger partial charge in [-0.2, -0.15) is 0 Å². The standard InChI is InChI=1S/C52H41NOS/c1-2-12-35(13-3-1)43-20-10-22-46-47-23-11-24-48(52(47)55-51(43)46)53(38-30-26-36(27-31-38)41-18-8-15-34-14-4-5-16-40(34)41)39-32-28-37(29-33-39)42-19-9-21-45-44-17-6-7-25-49(44)54-50(42)45/h1-4,6-10,12-15,17-20,22-23,25-30,32-33,38,45H,5,11,16,21,24,31H2. The molecule has 0 amide bonds. The second-order valence-electron chi connectivity index (χ2n) is 15.2. The number of allylic oxidation sites excluding steroid dienone is 7. The summed E-state index contributed by atoms with van der Waals surface area (Å²) in [6, 6.07) is 42.6. The minimum absolute atomic E-state index is 0.197. The molecule has 0 bridgehead atoms. The van der Waals surface area contributed by atoms with E-state index in [1.54, 1.807) is 0 Å². The topological polar surface area (TPSA) is 12.5 Å². The molecule has 2 heterocycles. The summed E-state index contributed by atoms with van der Waals surface area (Å²) < 4.78 is 9.31. The van der Waals surface area contributed by atoms with Crippen molar-refractivity contribution in [3.05, 3.63) is 195 Å². The quantitative estimate of drug-likeness (QED) is 0.169. The molecule has 0 radical (unpaired) electrons. The van der Waals surface area contributed by atoms with E-state index in [2.05, 4.69) is 169 Å². The number of para-hydroxylation sites is 1. The van der Waals surface area contributed by atoms with Crippen molar-refractivity contribution in [3.8, 4) is 16.9 Å². The molecule has 0 spiro atoms. The van der Waals surface area contributed by atoms with E-state index < -0.39 is 0 Å². The van der Waals surface area contributed by atoms with E-state index in [4.69, 9.17) is 4.74 Å². The van der Waals surface area contributed by atoms with Gasteiger partial charge in [-0.25, -0.2) is 0 Å². The molecular formula is C52H41NOS. The molecule has 1 aromatic heterocycles. The first-order valence-electron chi connectivity index (χ1n) is 19.8. The average Bonchev–Trinajstić information content (AvgIpc) is 3.84. The van der Waals surface area contributed by atoms with Crippen molar-refractivity contribution in [2.24, 2.45) is 0 Å². The first-order chi connectivity index (χ1) is 27.3. The lowest BCUT2D eigenvalue weighted by Crippen LogP contribution is -2.39. The van der Waals surface area contributed by atoms with E-state index in [1.807, 2.05) is 11.3 Å². The number of hydrogen-bond donors (Lipinski definition) is 0. The molecule has 55 heavy (non-hydrogen) atoms. The van der Waals surface area contributed by atoms with E-state index in [-0.39, 0.29) is 12.0 Å². The normalized spacial score (nSPS) is 19.3. The smallest absolute Gasteiger partial charge is 0.130 e. The van der Waals surface area contributed by atoms with Crippen molar-refractivity contribution in [1.82, 2.24) is 0 Å². The van der Waals surface area contributed by atoms with Crippen LogP contribution in [0.1, 0.15) is 65.8 Å². The van der Waals surface area contributed by atoms with Crippen LogP contribution in [0.4, 0.5) is 5.69 Å². The Morgan fingerprint density at radius 3 is 2.40 bits per heavy atom. The summed E-state index contributed by atoms with van der Waals surface area (Å²) in [7, 11) is 0. The molecule has 2 nitrogen and oxygen atoms in total. The highest BCUT2D eigenvalue weighted by Crippen LogP contribution is 2.48. The van der Waals surface area contributed by atoms with Crippen molar-refractivity contribution in [2.75, 3.05) is 4.90 Å².